The van der Waals surface area contributed by atoms with Gasteiger partial charge in [-0.3, -0.25) is 4.68 Å². The lowest BCUT2D eigenvalue weighted by atomic mass is 10.0. The van der Waals surface area contributed by atoms with Gasteiger partial charge in [0.05, 0.1) is 6.10 Å². The topological polar surface area (TPSA) is 39.1 Å². The molecule has 2 rings (SSSR count). The van der Waals surface area contributed by atoms with Gasteiger partial charge in [0, 0.05) is 25.0 Å². The lowest BCUT2D eigenvalue weighted by Crippen LogP contribution is -2.18. The zero-order valence-electron chi connectivity index (χ0n) is 13.3. The Morgan fingerprint density at radius 3 is 2.71 bits per heavy atom. The Kier molecular flexibility index (Phi) is 5.39. The van der Waals surface area contributed by atoms with E-state index in [9.17, 15) is 0 Å². The van der Waals surface area contributed by atoms with Gasteiger partial charge >= 0.3 is 0 Å². The average molecular weight is 287 g/mol. The Labute approximate surface area is 127 Å². The molecule has 0 aliphatic rings. The van der Waals surface area contributed by atoms with Gasteiger partial charge in [-0.2, -0.15) is 5.10 Å². The zero-order valence-corrected chi connectivity index (χ0v) is 13.3. The molecule has 114 valence electrons. The van der Waals surface area contributed by atoms with Gasteiger partial charge in [0.25, 0.3) is 0 Å². The smallest absolute Gasteiger partial charge is 0.120 e. The van der Waals surface area contributed by atoms with Crippen molar-refractivity contribution in [1.29, 1.82) is 0 Å². The molecule has 0 aliphatic heterocycles. The molecule has 1 N–H and O–H groups in total. The van der Waals surface area contributed by atoms with Crippen molar-refractivity contribution in [1.82, 2.24) is 15.1 Å². The molecule has 0 radical (unpaired) electrons. The predicted molar refractivity (Wildman–Crippen MR) is 85.5 cm³/mol. The SMILES string of the molecule is CNC(CCc1ccnn1C)c1cccc(OC(C)C)c1. The van der Waals surface area contributed by atoms with Gasteiger partial charge < -0.3 is 10.1 Å². The van der Waals surface area contributed by atoms with Crippen LogP contribution in [0.1, 0.15) is 37.6 Å². The first-order chi connectivity index (χ1) is 10.1. The maximum atomic E-state index is 5.78. The number of ether oxygens (including phenoxy) is 1. The molecular formula is C17H25N3O. The second-order valence-corrected chi connectivity index (χ2v) is 5.57. The van der Waals surface area contributed by atoms with E-state index in [2.05, 4.69) is 34.7 Å². The fraction of sp³-hybridized carbons (Fsp3) is 0.471. The van der Waals surface area contributed by atoms with Gasteiger partial charge in [0.1, 0.15) is 5.75 Å². The van der Waals surface area contributed by atoms with Crippen LogP contribution in [0.5, 0.6) is 5.75 Å². The molecule has 0 fully saturated rings. The number of aromatic nitrogens is 2. The van der Waals surface area contributed by atoms with E-state index in [0.717, 1.165) is 18.6 Å². The van der Waals surface area contributed by atoms with Gasteiger partial charge in [-0.05, 0) is 57.5 Å². The molecule has 0 amide bonds. The summed E-state index contributed by atoms with van der Waals surface area (Å²) >= 11 is 0. The van der Waals surface area contributed by atoms with Gasteiger partial charge in [-0.15, -0.1) is 0 Å². The number of nitrogens with one attached hydrogen (secondary N) is 1. The van der Waals surface area contributed by atoms with Crippen molar-refractivity contribution in [3.05, 3.63) is 47.8 Å². The standard InChI is InChI=1S/C17H25N3O/c1-13(2)21-16-7-5-6-14(12-16)17(18-3)9-8-15-10-11-19-20(15)4/h5-7,10-13,17-18H,8-9H2,1-4H3. The Morgan fingerprint density at radius 1 is 1.29 bits per heavy atom. The molecule has 0 saturated heterocycles. The highest BCUT2D eigenvalue weighted by atomic mass is 16.5. The summed E-state index contributed by atoms with van der Waals surface area (Å²) in [6.45, 7) is 4.09. The highest BCUT2D eigenvalue weighted by molar-refractivity contribution is 5.31. The summed E-state index contributed by atoms with van der Waals surface area (Å²) in [4.78, 5) is 0. The van der Waals surface area contributed by atoms with Gasteiger partial charge in [-0.25, -0.2) is 0 Å². The molecule has 1 heterocycles. The summed E-state index contributed by atoms with van der Waals surface area (Å²) < 4.78 is 7.71. The Hall–Kier alpha value is -1.81. The van der Waals surface area contributed by atoms with Crippen molar-refractivity contribution in [2.24, 2.45) is 7.05 Å². The van der Waals surface area contributed by atoms with Crippen molar-refractivity contribution in [3.8, 4) is 5.75 Å². The van der Waals surface area contributed by atoms with E-state index in [1.54, 1.807) is 0 Å². The fourth-order valence-electron chi connectivity index (χ4n) is 2.49. The van der Waals surface area contributed by atoms with E-state index in [0.29, 0.717) is 6.04 Å². The Morgan fingerprint density at radius 2 is 2.10 bits per heavy atom. The summed E-state index contributed by atoms with van der Waals surface area (Å²) in [6.07, 6.45) is 4.07. The highest BCUT2D eigenvalue weighted by Gasteiger charge is 2.11. The van der Waals surface area contributed by atoms with Crippen LogP contribution in [0, 0.1) is 0 Å². The molecule has 1 aromatic carbocycles. The van der Waals surface area contributed by atoms with Crippen LogP contribution in [0.15, 0.2) is 36.5 Å². The van der Waals surface area contributed by atoms with E-state index in [1.807, 2.05) is 44.9 Å². The lowest BCUT2D eigenvalue weighted by Gasteiger charge is -2.18. The molecule has 0 spiro atoms. The minimum Gasteiger partial charge on any atom is -0.491 e. The van der Waals surface area contributed by atoms with Crippen molar-refractivity contribution in [3.63, 3.8) is 0 Å². The summed E-state index contributed by atoms with van der Waals surface area (Å²) in [5.74, 6) is 0.934. The quantitative estimate of drug-likeness (QED) is 0.850. The molecule has 21 heavy (non-hydrogen) atoms. The van der Waals surface area contributed by atoms with E-state index in [4.69, 9.17) is 4.74 Å². The third kappa shape index (κ3) is 4.33. The summed E-state index contributed by atoms with van der Waals surface area (Å²) in [5.41, 5.74) is 2.52. The van der Waals surface area contributed by atoms with Crippen LogP contribution >= 0.6 is 0 Å². The molecule has 0 bridgehead atoms. The first-order valence-electron chi connectivity index (χ1n) is 7.51. The number of aryl methyl sites for hydroxylation is 2. The average Bonchev–Trinajstić information content (AvgIpc) is 2.85. The second-order valence-electron chi connectivity index (χ2n) is 5.57. The number of hydrogen-bond donors (Lipinski definition) is 1. The van der Waals surface area contributed by atoms with E-state index in [1.165, 1.54) is 11.3 Å². The first-order valence-corrected chi connectivity index (χ1v) is 7.51. The van der Waals surface area contributed by atoms with Crippen molar-refractivity contribution in [2.75, 3.05) is 7.05 Å². The predicted octanol–water partition coefficient (Wildman–Crippen LogP) is 3.10. The summed E-state index contributed by atoms with van der Waals surface area (Å²) in [5, 5.41) is 7.61. The van der Waals surface area contributed by atoms with Gasteiger partial charge in [0.2, 0.25) is 0 Å². The number of benzene rings is 1. The molecule has 1 aromatic heterocycles. The minimum atomic E-state index is 0.197. The van der Waals surface area contributed by atoms with E-state index >= 15 is 0 Å². The summed E-state index contributed by atoms with van der Waals surface area (Å²) in [6, 6.07) is 10.7. The summed E-state index contributed by atoms with van der Waals surface area (Å²) in [7, 11) is 3.99. The van der Waals surface area contributed by atoms with Crippen LogP contribution in [0.4, 0.5) is 0 Å². The molecule has 4 heteroatoms. The zero-order chi connectivity index (χ0) is 15.2. The monoisotopic (exact) mass is 287 g/mol. The van der Waals surface area contributed by atoms with Gasteiger partial charge in [0.15, 0.2) is 0 Å². The third-order valence-electron chi connectivity index (χ3n) is 3.59. The van der Waals surface area contributed by atoms with E-state index in [-0.39, 0.29) is 6.10 Å². The van der Waals surface area contributed by atoms with Crippen LogP contribution in [0.2, 0.25) is 0 Å². The molecule has 2 aromatic rings. The third-order valence-corrected chi connectivity index (χ3v) is 3.59. The lowest BCUT2D eigenvalue weighted by molar-refractivity contribution is 0.242. The van der Waals surface area contributed by atoms with E-state index < -0.39 is 0 Å². The highest BCUT2D eigenvalue weighted by Crippen LogP contribution is 2.23. The molecule has 1 atom stereocenters. The van der Waals surface area contributed by atoms with Crippen LogP contribution in [0.3, 0.4) is 0 Å². The van der Waals surface area contributed by atoms with Crippen molar-refractivity contribution < 1.29 is 4.74 Å². The molecular weight excluding hydrogens is 262 g/mol. The van der Waals surface area contributed by atoms with Crippen LogP contribution in [-0.2, 0) is 13.5 Å². The molecule has 4 nitrogen and oxygen atoms in total. The van der Waals surface area contributed by atoms with Crippen LogP contribution in [0.25, 0.3) is 0 Å². The van der Waals surface area contributed by atoms with Gasteiger partial charge in [-0.1, -0.05) is 12.1 Å². The molecule has 0 aliphatic carbocycles. The number of rotatable bonds is 7. The first kappa shape index (κ1) is 15.6. The minimum absolute atomic E-state index is 0.197. The Balaban J connectivity index is 2.05. The van der Waals surface area contributed by atoms with Crippen molar-refractivity contribution >= 4 is 0 Å². The molecule has 0 saturated carbocycles. The fourth-order valence-corrected chi connectivity index (χ4v) is 2.49. The molecule has 1 unspecified atom stereocenters. The van der Waals surface area contributed by atoms with Crippen LogP contribution < -0.4 is 10.1 Å². The maximum absolute atomic E-state index is 5.78. The Bertz CT molecular complexity index is 563. The number of hydrogen-bond acceptors (Lipinski definition) is 3. The normalized spacial score (nSPS) is 12.6. The largest absolute Gasteiger partial charge is 0.491 e. The second kappa shape index (κ2) is 7.27. The van der Waals surface area contributed by atoms with Crippen molar-refractivity contribution in [2.45, 2.75) is 38.8 Å². The maximum Gasteiger partial charge on any atom is 0.120 e. The number of nitrogens with zero attached hydrogens (tertiary/aromatic N) is 2. The van der Waals surface area contributed by atoms with Crippen LogP contribution in [-0.4, -0.2) is 22.9 Å².